The quantitative estimate of drug-likeness (QED) is 0.613. The van der Waals surface area contributed by atoms with Gasteiger partial charge in [0, 0.05) is 31.6 Å². The Morgan fingerprint density at radius 3 is 2.47 bits per heavy atom. The van der Waals surface area contributed by atoms with Gasteiger partial charge in [-0.05, 0) is 24.1 Å². The van der Waals surface area contributed by atoms with Crippen LogP contribution in [0.3, 0.4) is 0 Å². The molecule has 12 heteroatoms. The minimum absolute atomic E-state index is 0.00710. The van der Waals surface area contributed by atoms with Gasteiger partial charge in [0.1, 0.15) is 10.7 Å². The second-order valence-corrected chi connectivity index (χ2v) is 9.91. The van der Waals surface area contributed by atoms with Crippen molar-refractivity contribution in [1.29, 1.82) is 0 Å². The molecule has 0 N–H and O–H groups in total. The lowest BCUT2D eigenvalue weighted by Crippen LogP contribution is -2.56. The van der Waals surface area contributed by atoms with E-state index in [1.165, 1.54) is 12.1 Å². The monoisotopic (exact) mass is 476 g/mol. The molecule has 0 radical (unpaired) electrons. The molecule has 1 fully saturated rings. The van der Waals surface area contributed by atoms with E-state index in [0.29, 0.717) is 18.8 Å². The highest BCUT2D eigenvalue weighted by atomic mass is 32.2. The molecule has 0 bridgehead atoms. The van der Waals surface area contributed by atoms with Gasteiger partial charge in [-0.2, -0.15) is 13.2 Å². The molecular formula is C20H24F4N4O3S. The van der Waals surface area contributed by atoms with Crippen LogP contribution in [0.1, 0.15) is 19.5 Å². The lowest BCUT2D eigenvalue weighted by molar-refractivity contribution is -0.142. The summed E-state index contributed by atoms with van der Waals surface area (Å²) in [6, 6.07) is 3.60. The number of alkyl halides is 3. The van der Waals surface area contributed by atoms with Crippen molar-refractivity contribution < 1.29 is 30.7 Å². The Kier molecular flexibility index (Phi) is 6.55. The number of methoxy groups -OCH3 is 1. The Bertz CT molecular complexity index is 1090. The Balaban J connectivity index is 1.94. The standard InChI is InChI=1S/C20H24F4N4O3S/c1-12(2)15-11-27(13-5-6-14(21)17(9-13)32(4,29)30)7-8-28(15)19-25-10-16(31-3)18(26-19)20(22,23)24/h5-6,9-10,12,15H,7-8,11H2,1-4H3. The van der Waals surface area contributed by atoms with Gasteiger partial charge in [-0.3, -0.25) is 0 Å². The third-order valence-electron chi connectivity index (χ3n) is 5.36. The SMILES string of the molecule is COc1cnc(N2CCN(c3ccc(F)c(S(C)(=O)=O)c3)CC2C(C)C)nc1C(F)(F)F. The molecule has 1 saturated heterocycles. The Morgan fingerprint density at radius 2 is 1.91 bits per heavy atom. The van der Waals surface area contributed by atoms with Crippen LogP contribution in [0.2, 0.25) is 0 Å². The third kappa shape index (κ3) is 4.89. The molecule has 1 aromatic heterocycles. The molecule has 1 aliphatic rings. The molecule has 1 aliphatic heterocycles. The van der Waals surface area contributed by atoms with E-state index in [4.69, 9.17) is 4.74 Å². The molecule has 1 unspecified atom stereocenters. The van der Waals surface area contributed by atoms with Crippen molar-refractivity contribution in [3.8, 4) is 5.75 Å². The van der Waals surface area contributed by atoms with Gasteiger partial charge < -0.3 is 14.5 Å². The summed E-state index contributed by atoms with van der Waals surface area (Å²) >= 11 is 0. The van der Waals surface area contributed by atoms with Gasteiger partial charge in [0.25, 0.3) is 0 Å². The first kappa shape index (κ1) is 24.0. The number of piperazine rings is 1. The highest BCUT2D eigenvalue weighted by molar-refractivity contribution is 7.90. The number of aromatic nitrogens is 2. The second kappa shape index (κ2) is 8.72. The van der Waals surface area contributed by atoms with Crippen LogP contribution in [-0.4, -0.2) is 57.4 Å². The van der Waals surface area contributed by atoms with E-state index in [1.807, 2.05) is 18.7 Å². The highest BCUT2D eigenvalue weighted by Gasteiger charge is 2.39. The van der Waals surface area contributed by atoms with Gasteiger partial charge in [-0.15, -0.1) is 0 Å². The number of nitrogens with zero attached hydrogens (tertiary/aromatic N) is 4. The first-order valence-electron chi connectivity index (χ1n) is 9.82. The minimum atomic E-state index is -4.70. The number of rotatable bonds is 5. The van der Waals surface area contributed by atoms with Crippen LogP contribution in [0.4, 0.5) is 29.2 Å². The predicted octanol–water partition coefficient (Wildman–Crippen LogP) is 3.40. The molecule has 0 saturated carbocycles. The molecule has 2 aromatic rings. The average molecular weight is 476 g/mol. The Morgan fingerprint density at radius 1 is 1.22 bits per heavy atom. The normalized spacial score (nSPS) is 17.7. The number of anilines is 2. The summed E-state index contributed by atoms with van der Waals surface area (Å²) in [6.07, 6.45) is -2.76. The first-order chi connectivity index (χ1) is 14.8. The van der Waals surface area contributed by atoms with E-state index in [0.717, 1.165) is 25.6 Å². The Labute approximate surface area is 183 Å². The zero-order chi connectivity index (χ0) is 23.8. The zero-order valence-corrected chi connectivity index (χ0v) is 18.8. The molecule has 7 nitrogen and oxygen atoms in total. The molecule has 3 rings (SSSR count). The van der Waals surface area contributed by atoms with Crippen molar-refractivity contribution in [1.82, 2.24) is 9.97 Å². The molecule has 1 aromatic carbocycles. The van der Waals surface area contributed by atoms with Crippen LogP contribution in [-0.2, 0) is 16.0 Å². The lowest BCUT2D eigenvalue weighted by Gasteiger charge is -2.44. The summed E-state index contributed by atoms with van der Waals surface area (Å²) in [4.78, 5) is 11.0. The Hall–Kier alpha value is -2.63. The smallest absolute Gasteiger partial charge is 0.437 e. The summed E-state index contributed by atoms with van der Waals surface area (Å²) in [6.45, 7) is 4.85. The highest BCUT2D eigenvalue weighted by Crippen LogP contribution is 2.36. The van der Waals surface area contributed by atoms with Gasteiger partial charge in [0.15, 0.2) is 21.3 Å². The summed E-state index contributed by atoms with van der Waals surface area (Å²) in [5, 5.41) is 0. The first-order valence-corrected chi connectivity index (χ1v) is 11.7. The van der Waals surface area contributed by atoms with Crippen molar-refractivity contribution in [3.05, 3.63) is 35.9 Å². The number of ether oxygens (including phenoxy) is 1. The molecule has 0 aliphatic carbocycles. The largest absolute Gasteiger partial charge is 0.493 e. The summed E-state index contributed by atoms with van der Waals surface area (Å²) < 4.78 is 82.7. The number of hydrogen-bond acceptors (Lipinski definition) is 7. The molecule has 176 valence electrons. The van der Waals surface area contributed by atoms with Crippen LogP contribution in [0.5, 0.6) is 5.75 Å². The summed E-state index contributed by atoms with van der Waals surface area (Å²) in [5.74, 6) is -1.35. The van der Waals surface area contributed by atoms with Crippen molar-refractivity contribution in [3.63, 3.8) is 0 Å². The van der Waals surface area contributed by atoms with Crippen LogP contribution < -0.4 is 14.5 Å². The van der Waals surface area contributed by atoms with Crippen LogP contribution in [0, 0.1) is 11.7 Å². The molecular weight excluding hydrogens is 452 g/mol. The lowest BCUT2D eigenvalue weighted by atomic mass is 9.99. The van der Waals surface area contributed by atoms with Crippen LogP contribution in [0.15, 0.2) is 29.3 Å². The fraction of sp³-hybridized carbons (Fsp3) is 0.500. The van der Waals surface area contributed by atoms with Gasteiger partial charge >= 0.3 is 6.18 Å². The van der Waals surface area contributed by atoms with E-state index in [1.54, 1.807) is 4.90 Å². The van der Waals surface area contributed by atoms with E-state index in [-0.39, 0.29) is 24.5 Å². The fourth-order valence-corrected chi connectivity index (χ4v) is 4.45. The maximum atomic E-state index is 14.0. The van der Waals surface area contributed by atoms with Gasteiger partial charge in [-0.25, -0.2) is 22.8 Å². The molecule has 0 spiro atoms. The minimum Gasteiger partial charge on any atom is -0.493 e. The van der Waals surface area contributed by atoms with Gasteiger partial charge in [0.2, 0.25) is 5.95 Å². The van der Waals surface area contributed by atoms with Crippen LogP contribution >= 0.6 is 0 Å². The van der Waals surface area contributed by atoms with E-state index in [2.05, 4.69) is 9.97 Å². The third-order valence-corrected chi connectivity index (χ3v) is 6.47. The topological polar surface area (TPSA) is 75.6 Å². The number of sulfone groups is 1. The fourth-order valence-electron chi connectivity index (χ4n) is 3.69. The maximum Gasteiger partial charge on any atom is 0.437 e. The van der Waals surface area contributed by atoms with Crippen LogP contribution in [0.25, 0.3) is 0 Å². The summed E-state index contributed by atoms with van der Waals surface area (Å²) in [7, 11) is -2.63. The van der Waals surface area contributed by atoms with Crippen molar-refractivity contribution in [2.24, 2.45) is 5.92 Å². The average Bonchev–Trinajstić information content (AvgIpc) is 2.71. The molecule has 2 heterocycles. The van der Waals surface area contributed by atoms with E-state index in [9.17, 15) is 26.0 Å². The van der Waals surface area contributed by atoms with Crippen molar-refractivity contribution in [2.45, 2.75) is 31.0 Å². The summed E-state index contributed by atoms with van der Waals surface area (Å²) in [5.41, 5.74) is -0.630. The van der Waals surface area contributed by atoms with Crippen molar-refractivity contribution in [2.75, 3.05) is 42.8 Å². The van der Waals surface area contributed by atoms with Gasteiger partial charge in [0.05, 0.1) is 19.3 Å². The predicted molar refractivity (Wildman–Crippen MR) is 111 cm³/mol. The number of halogens is 4. The number of hydrogen-bond donors (Lipinski definition) is 0. The molecule has 0 amide bonds. The number of benzene rings is 1. The zero-order valence-electron chi connectivity index (χ0n) is 18.0. The molecule has 32 heavy (non-hydrogen) atoms. The van der Waals surface area contributed by atoms with E-state index < -0.39 is 38.2 Å². The maximum absolute atomic E-state index is 14.0. The van der Waals surface area contributed by atoms with E-state index >= 15 is 0 Å². The van der Waals surface area contributed by atoms with Gasteiger partial charge in [-0.1, -0.05) is 13.8 Å². The molecule has 1 atom stereocenters. The van der Waals surface area contributed by atoms with Crippen molar-refractivity contribution >= 4 is 21.5 Å². The second-order valence-electron chi connectivity index (χ2n) is 7.92.